The van der Waals surface area contributed by atoms with E-state index in [0.717, 1.165) is 49.6 Å². The number of carbonyl (C=O) groups excluding carboxylic acids is 3. The monoisotopic (exact) mass is 594 g/mol. The number of hydrogen-bond donors (Lipinski definition) is 1. The van der Waals surface area contributed by atoms with E-state index in [1.165, 1.54) is 0 Å². The van der Waals surface area contributed by atoms with Crippen molar-refractivity contribution in [2.75, 3.05) is 26.9 Å². The molecule has 2 bridgehead atoms. The zero-order valence-electron chi connectivity index (χ0n) is 25.5. The summed E-state index contributed by atoms with van der Waals surface area (Å²) in [5, 5.41) is 2.88. The molecular formula is C32H42N4O7. The van der Waals surface area contributed by atoms with Crippen LogP contribution in [0.5, 0.6) is 11.6 Å². The Morgan fingerprint density at radius 1 is 1.14 bits per heavy atom. The Hall–Kier alpha value is -3.47. The van der Waals surface area contributed by atoms with Crippen molar-refractivity contribution in [1.29, 1.82) is 0 Å². The number of aromatic nitrogens is 2. The molecule has 11 nitrogen and oxygen atoms in total. The molecule has 43 heavy (non-hydrogen) atoms. The number of aldehydes is 1. The molecule has 232 valence electrons. The first-order chi connectivity index (χ1) is 20.7. The summed E-state index contributed by atoms with van der Waals surface area (Å²) in [7, 11) is 1.61. The summed E-state index contributed by atoms with van der Waals surface area (Å²) in [5.41, 5.74) is 1.02. The second-order valence-electron chi connectivity index (χ2n) is 13.1. The second kappa shape index (κ2) is 11.6. The molecule has 1 saturated carbocycles. The molecule has 4 aliphatic rings. The predicted octanol–water partition coefficient (Wildman–Crippen LogP) is 3.85. The van der Waals surface area contributed by atoms with Crippen LogP contribution in [0.1, 0.15) is 65.0 Å². The number of carbonyl (C=O) groups is 3. The number of hydrogen-bond acceptors (Lipinski definition) is 9. The molecule has 2 saturated heterocycles. The number of benzene rings is 1. The molecule has 11 heteroatoms. The molecule has 2 amide bonds. The Morgan fingerprint density at radius 2 is 1.95 bits per heavy atom. The van der Waals surface area contributed by atoms with Crippen molar-refractivity contribution in [3.8, 4) is 11.6 Å². The van der Waals surface area contributed by atoms with E-state index in [1.807, 2.05) is 39.0 Å². The predicted molar refractivity (Wildman–Crippen MR) is 157 cm³/mol. The third kappa shape index (κ3) is 5.63. The number of amides is 2. The average molecular weight is 595 g/mol. The molecule has 1 aliphatic carbocycles. The van der Waals surface area contributed by atoms with Gasteiger partial charge in [0.05, 0.1) is 43.9 Å². The van der Waals surface area contributed by atoms with Crippen LogP contribution in [0, 0.1) is 17.3 Å². The summed E-state index contributed by atoms with van der Waals surface area (Å²) in [4.78, 5) is 51.3. The first-order valence-electron chi connectivity index (χ1n) is 15.5. The lowest BCUT2D eigenvalue weighted by molar-refractivity contribution is -0.157. The Balaban J connectivity index is 1.36. The third-order valence-corrected chi connectivity index (χ3v) is 9.93. The highest BCUT2D eigenvalue weighted by Gasteiger charge is 2.55. The van der Waals surface area contributed by atoms with E-state index in [9.17, 15) is 14.4 Å². The Kier molecular flexibility index (Phi) is 7.95. The van der Waals surface area contributed by atoms with Crippen molar-refractivity contribution < 1.29 is 33.3 Å². The van der Waals surface area contributed by atoms with Crippen LogP contribution in [0.3, 0.4) is 0 Å². The standard InChI is InChI=1S/C32H42N4O7/c1-5-21-25(16-37)36-15-26(21)42-28-23(33-22-12-11-20(40-4)13-24(22)34-28)10-8-6-7-9-19-14-32(19,3)43-30(39)35-27(29(36)38)31(2)17-41-18-31/h11-13,16,19,21,25-27H,5-10,14-15,17-18H2,1-4H3,(H,35,39)/t19-,21+,25-,26+,27-,32-/m1/s1. The van der Waals surface area contributed by atoms with Gasteiger partial charge in [-0.1, -0.05) is 26.7 Å². The molecule has 0 radical (unpaired) electrons. The highest BCUT2D eigenvalue weighted by atomic mass is 16.6. The SMILES string of the molecule is CC[C@@H]1[C@@H]2CN(C(=O)[C@H](C3(C)COC3)NC(=O)O[C@]3(C)C[C@H]3CCCCCc3nc4ccc(OC)cc4nc3O2)[C@@H]1C=O. The van der Waals surface area contributed by atoms with Gasteiger partial charge in [-0.15, -0.1) is 0 Å². The van der Waals surface area contributed by atoms with Gasteiger partial charge in [-0.25, -0.2) is 14.8 Å². The lowest BCUT2D eigenvalue weighted by Crippen LogP contribution is -2.64. The van der Waals surface area contributed by atoms with Gasteiger partial charge in [-0.2, -0.15) is 0 Å². The summed E-state index contributed by atoms with van der Waals surface area (Å²) in [6.07, 6.45) is 5.70. The summed E-state index contributed by atoms with van der Waals surface area (Å²) < 4.78 is 23.4. The third-order valence-electron chi connectivity index (χ3n) is 9.93. The van der Waals surface area contributed by atoms with Gasteiger partial charge < -0.3 is 34.0 Å². The van der Waals surface area contributed by atoms with Crippen molar-refractivity contribution in [2.24, 2.45) is 17.3 Å². The minimum absolute atomic E-state index is 0.183. The Bertz CT molecular complexity index is 1400. The van der Waals surface area contributed by atoms with Gasteiger partial charge in [0.15, 0.2) is 0 Å². The van der Waals surface area contributed by atoms with E-state index in [2.05, 4.69) is 5.32 Å². The normalized spacial score (nSPS) is 32.6. The smallest absolute Gasteiger partial charge is 0.408 e. The number of fused-ring (bicyclic) bond motifs is 5. The van der Waals surface area contributed by atoms with Crippen molar-refractivity contribution in [1.82, 2.24) is 20.2 Å². The quantitative estimate of drug-likeness (QED) is 0.525. The van der Waals surface area contributed by atoms with E-state index in [-0.39, 0.29) is 24.3 Å². The highest BCUT2D eigenvalue weighted by molar-refractivity contribution is 5.89. The number of aryl methyl sites for hydroxylation is 1. The number of nitrogens with zero attached hydrogens (tertiary/aromatic N) is 3. The zero-order valence-corrected chi connectivity index (χ0v) is 25.5. The fourth-order valence-corrected chi connectivity index (χ4v) is 7.00. The summed E-state index contributed by atoms with van der Waals surface area (Å²) >= 11 is 0. The fraction of sp³-hybridized carbons (Fsp3) is 0.656. The van der Waals surface area contributed by atoms with Gasteiger partial charge in [-0.05, 0) is 51.2 Å². The van der Waals surface area contributed by atoms with Gasteiger partial charge in [0.1, 0.15) is 35.5 Å². The van der Waals surface area contributed by atoms with Gasteiger partial charge in [0.2, 0.25) is 11.8 Å². The maximum atomic E-state index is 14.2. The summed E-state index contributed by atoms with van der Waals surface area (Å²) in [6, 6.07) is 3.97. The van der Waals surface area contributed by atoms with Gasteiger partial charge in [-0.3, -0.25) is 4.79 Å². The number of rotatable bonds is 4. The van der Waals surface area contributed by atoms with E-state index in [0.29, 0.717) is 43.2 Å². The van der Waals surface area contributed by atoms with Crippen molar-refractivity contribution in [3.63, 3.8) is 0 Å². The first kappa shape index (κ1) is 29.6. The van der Waals surface area contributed by atoms with E-state index < -0.39 is 35.3 Å². The maximum absolute atomic E-state index is 14.2. The summed E-state index contributed by atoms with van der Waals surface area (Å²) in [6.45, 7) is 6.68. The van der Waals surface area contributed by atoms with Crippen LogP contribution in [-0.2, 0) is 25.5 Å². The largest absolute Gasteiger partial charge is 0.497 e. The first-order valence-corrected chi connectivity index (χ1v) is 15.5. The molecule has 0 spiro atoms. The second-order valence-corrected chi connectivity index (χ2v) is 13.1. The maximum Gasteiger partial charge on any atom is 0.408 e. The van der Waals surface area contributed by atoms with Crippen LogP contribution in [0.2, 0.25) is 0 Å². The molecule has 3 fully saturated rings. The van der Waals surface area contributed by atoms with Crippen molar-refractivity contribution in [2.45, 2.75) is 89.5 Å². The van der Waals surface area contributed by atoms with Crippen molar-refractivity contribution in [3.05, 3.63) is 23.9 Å². The van der Waals surface area contributed by atoms with Crippen LogP contribution in [0.15, 0.2) is 18.2 Å². The molecule has 2 aromatic rings. The van der Waals surface area contributed by atoms with Gasteiger partial charge in [0.25, 0.3) is 0 Å². The number of nitrogens with one attached hydrogen (secondary N) is 1. The molecule has 6 rings (SSSR count). The Morgan fingerprint density at radius 3 is 2.65 bits per heavy atom. The lowest BCUT2D eigenvalue weighted by atomic mass is 9.79. The number of methoxy groups -OCH3 is 1. The molecule has 1 aromatic carbocycles. The fourth-order valence-electron chi connectivity index (χ4n) is 7.00. The van der Waals surface area contributed by atoms with Crippen LogP contribution in [0.4, 0.5) is 4.79 Å². The van der Waals surface area contributed by atoms with Crippen LogP contribution in [0.25, 0.3) is 11.0 Å². The molecule has 3 aliphatic heterocycles. The molecule has 0 unspecified atom stereocenters. The van der Waals surface area contributed by atoms with Gasteiger partial charge >= 0.3 is 6.09 Å². The molecule has 1 N–H and O–H groups in total. The number of alkyl carbamates (subject to hydrolysis) is 1. The highest BCUT2D eigenvalue weighted by Crippen LogP contribution is 2.50. The minimum atomic E-state index is -0.907. The van der Waals surface area contributed by atoms with Crippen molar-refractivity contribution >= 4 is 29.3 Å². The molecule has 1 aromatic heterocycles. The van der Waals surface area contributed by atoms with Crippen LogP contribution in [-0.4, -0.2) is 83.8 Å². The zero-order chi connectivity index (χ0) is 30.4. The average Bonchev–Trinajstić information content (AvgIpc) is 3.46. The number of ether oxygens (including phenoxy) is 4. The molecular weight excluding hydrogens is 552 g/mol. The summed E-state index contributed by atoms with van der Waals surface area (Å²) in [5.74, 6) is 0.787. The van der Waals surface area contributed by atoms with Gasteiger partial charge in [0, 0.05) is 23.3 Å². The molecule has 4 heterocycles. The van der Waals surface area contributed by atoms with E-state index >= 15 is 0 Å². The van der Waals surface area contributed by atoms with E-state index in [4.69, 9.17) is 28.9 Å². The Labute approximate surface area is 252 Å². The van der Waals surface area contributed by atoms with Crippen LogP contribution >= 0.6 is 0 Å². The lowest BCUT2D eigenvalue weighted by Gasteiger charge is -2.45. The topological polar surface area (TPSA) is 129 Å². The molecule has 6 atom stereocenters. The van der Waals surface area contributed by atoms with E-state index in [1.54, 1.807) is 12.0 Å². The minimum Gasteiger partial charge on any atom is -0.497 e. The van der Waals surface area contributed by atoms with Crippen LogP contribution < -0.4 is 14.8 Å².